The van der Waals surface area contributed by atoms with Crippen LogP contribution >= 0.6 is 0 Å². The van der Waals surface area contributed by atoms with Gasteiger partial charge in [-0.2, -0.15) is 0 Å². The van der Waals surface area contributed by atoms with Gasteiger partial charge >= 0.3 is 0 Å². The molecule has 0 bridgehead atoms. The van der Waals surface area contributed by atoms with Crippen LogP contribution < -0.4 is 5.32 Å². The second-order valence-electron chi connectivity index (χ2n) is 6.25. The molecule has 1 aromatic carbocycles. The fourth-order valence-corrected chi connectivity index (χ4v) is 2.74. The van der Waals surface area contributed by atoms with Crippen LogP contribution in [0.3, 0.4) is 0 Å². The van der Waals surface area contributed by atoms with Gasteiger partial charge in [0, 0.05) is 29.7 Å². The van der Waals surface area contributed by atoms with Crippen molar-refractivity contribution in [2.75, 3.05) is 5.32 Å². The number of para-hydroxylation sites is 1. The van der Waals surface area contributed by atoms with E-state index in [0.717, 1.165) is 28.5 Å². The Labute approximate surface area is 157 Å². The summed E-state index contributed by atoms with van der Waals surface area (Å²) in [6.45, 7) is 3.98. The van der Waals surface area contributed by atoms with Crippen LogP contribution in [0.15, 0.2) is 67.1 Å². The van der Waals surface area contributed by atoms with E-state index in [1.807, 2.05) is 68.6 Å². The van der Waals surface area contributed by atoms with Crippen LogP contribution in [0.25, 0.3) is 17.1 Å². The first kappa shape index (κ1) is 16.8. The second-order valence-corrected chi connectivity index (χ2v) is 6.25. The average Bonchev–Trinajstić information content (AvgIpc) is 3.19. The fourth-order valence-electron chi connectivity index (χ4n) is 2.74. The molecule has 1 unspecified atom stereocenters. The Morgan fingerprint density at radius 2 is 1.89 bits per heavy atom. The summed E-state index contributed by atoms with van der Waals surface area (Å²) in [4.78, 5) is 13.3. The van der Waals surface area contributed by atoms with Crippen LogP contribution in [0.4, 0.5) is 5.82 Å². The summed E-state index contributed by atoms with van der Waals surface area (Å²) in [6.07, 6.45) is 5.41. The molecule has 0 radical (unpaired) electrons. The van der Waals surface area contributed by atoms with Crippen molar-refractivity contribution in [2.24, 2.45) is 0 Å². The Morgan fingerprint density at radius 1 is 1.04 bits per heavy atom. The van der Waals surface area contributed by atoms with Gasteiger partial charge in [0.25, 0.3) is 0 Å². The maximum absolute atomic E-state index is 4.62. The Balaban J connectivity index is 1.56. The Kier molecular flexibility index (Phi) is 4.57. The lowest BCUT2D eigenvalue weighted by Crippen LogP contribution is -2.09. The van der Waals surface area contributed by atoms with E-state index in [9.17, 15) is 0 Å². The van der Waals surface area contributed by atoms with Crippen LogP contribution in [0, 0.1) is 6.92 Å². The molecule has 4 rings (SSSR count). The zero-order valence-electron chi connectivity index (χ0n) is 15.1. The molecule has 4 aromatic rings. The molecule has 134 valence electrons. The monoisotopic (exact) mass is 357 g/mol. The molecule has 0 amide bonds. The number of nitrogens with one attached hydrogen (secondary N) is 1. The third-order valence-electron chi connectivity index (χ3n) is 4.11. The fraction of sp³-hybridized carbons (Fsp3) is 0.150. The van der Waals surface area contributed by atoms with Crippen molar-refractivity contribution in [1.82, 2.24) is 29.9 Å². The highest BCUT2D eigenvalue weighted by Crippen LogP contribution is 2.21. The van der Waals surface area contributed by atoms with Crippen LogP contribution in [-0.2, 0) is 0 Å². The molecule has 0 saturated carbocycles. The van der Waals surface area contributed by atoms with E-state index in [-0.39, 0.29) is 6.04 Å². The molecule has 1 N–H and O–H groups in total. The predicted octanol–water partition coefficient (Wildman–Crippen LogP) is 3.60. The molecule has 3 heterocycles. The molecule has 7 heteroatoms. The standard InChI is InChI=1S/C20H19N7/c1-14-11-19(24-20(22-14)16-7-6-10-21-12-16)23-15(2)18-13-27(26-25-18)17-8-4-3-5-9-17/h3-13,15H,1-2H3,(H,22,23,24). The van der Waals surface area contributed by atoms with Gasteiger partial charge < -0.3 is 5.32 Å². The molecule has 0 fully saturated rings. The van der Waals surface area contributed by atoms with Crippen molar-refractivity contribution in [3.05, 3.63) is 78.5 Å². The largest absolute Gasteiger partial charge is 0.362 e. The molecule has 0 aliphatic rings. The van der Waals surface area contributed by atoms with E-state index in [1.165, 1.54) is 0 Å². The number of hydrogen-bond donors (Lipinski definition) is 1. The highest BCUT2D eigenvalue weighted by molar-refractivity contribution is 5.56. The first-order chi connectivity index (χ1) is 13.2. The first-order valence-electron chi connectivity index (χ1n) is 8.69. The quantitative estimate of drug-likeness (QED) is 0.588. The van der Waals surface area contributed by atoms with Gasteiger partial charge in [0.2, 0.25) is 0 Å². The van der Waals surface area contributed by atoms with Crippen molar-refractivity contribution in [3.8, 4) is 17.1 Å². The number of rotatable bonds is 5. The zero-order valence-corrected chi connectivity index (χ0v) is 15.1. The van der Waals surface area contributed by atoms with Crippen molar-refractivity contribution in [3.63, 3.8) is 0 Å². The van der Waals surface area contributed by atoms with Gasteiger partial charge in [-0.15, -0.1) is 5.10 Å². The van der Waals surface area contributed by atoms with Crippen LogP contribution in [0.2, 0.25) is 0 Å². The predicted molar refractivity (Wildman–Crippen MR) is 103 cm³/mol. The lowest BCUT2D eigenvalue weighted by Gasteiger charge is -2.13. The van der Waals surface area contributed by atoms with Gasteiger partial charge in [-0.25, -0.2) is 14.6 Å². The van der Waals surface area contributed by atoms with Gasteiger partial charge in [0.1, 0.15) is 11.5 Å². The van der Waals surface area contributed by atoms with Crippen molar-refractivity contribution < 1.29 is 0 Å². The minimum atomic E-state index is -0.0569. The third-order valence-corrected chi connectivity index (χ3v) is 4.11. The summed E-state index contributed by atoms with van der Waals surface area (Å²) in [5, 5.41) is 11.9. The number of anilines is 1. The average molecular weight is 357 g/mol. The Hall–Kier alpha value is -3.61. The number of benzene rings is 1. The molecule has 7 nitrogen and oxygen atoms in total. The second kappa shape index (κ2) is 7.33. The molecular weight excluding hydrogens is 338 g/mol. The van der Waals surface area contributed by atoms with E-state index < -0.39 is 0 Å². The third kappa shape index (κ3) is 3.82. The van der Waals surface area contributed by atoms with E-state index in [1.54, 1.807) is 17.1 Å². The molecule has 0 saturated heterocycles. The summed E-state index contributed by atoms with van der Waals surface area (Å²) >= 11 is 0. The molecule has 3 aromatic heterocycles. The Morgan fingerprint density at radius 3 is 2.67 bits per heavy atom. The van der Waals surface area contributed by atoms with Crippen LogP contribution in [0.5, 0.6) is 0 Å². The maximum Gasteiger partial charge on any atom is 0.163 e. The molecule has 0 aliphatic heterocycles. The lowest BCUT2D eigenvalue weighted by molar-refractivity contribution is 0.779. The molecule has 0 spiro atoms. The van der Waals surface area contributed by atoms with E-state index >= 15 is 0 Å². The number of aromatic nitrogens is 6. The van der Waals surface area contributed by atoms with Crippen molar-refractivity contribution >= 4 is 5.82 Å². The highest BCUT2D eigenvalue weighted by Gasteiger charge is 2.13. The van der Waals surface area contributed by atoms with Gasteiger partial charge in [-0.05, 0) is 38.1 Å². The van der Waals surface area contributed by atoms with E-state index in [2.05, 4.69) is 30.6 Å². The summed E-state index contributed by atoms with van der Waals surface area (Å²) in [6, 6.07) is 15.6. The topological polar surface area (TPSA) is 81.4 Å². The van der Waals surface area contributed by atoms with E-state index in [4.69, 9.17) is 0 Å². The molecule has 0 aliphatic carbocycles. The normalized spacial score (nSPS) is 11.9. The summed E-state index contributed by atoms with van der Waals surface area (Å²) in [5.41, 5.74) is 3.57. The minimum Gasteiger partial charge on any atom is -0.362 e. The van der Waals surface area contributed by atoms with Crippen LogP contribution in [-0.4, -0.2) is 29.9 Å². The number of pyridine rings is 1. The zero-order chi connectivity index (χ0) is 18.6. The van der Waals surface area contributed by atoms with Crippen molar-refractivity contribution in [2.45, 2.75) is 19.9 Å². The molecular formula is C20H19N7. The lowest BCUT2D eigenvalue weighted by atomic mass is 10.2. The van der Waals surface area contributed by atoms with Crippen LogP contribution in [0.1, 0.15) is 24.4 Å². The first-order valence-corrected chi connectivity index (χ1v) is 8.69. The van der Waals surface area contributed by atoms with Gasteiger partial charge in [-0.3, -0.25) is 4.98 Å². The SMILES string of the molecule is Cc1cc(NC(C)c2cn(-c3ccccc3)nn2)nc(-c2cccnc2)n1. The summed E-state index contributed by atoms with van der Waals surface area (Å²) in [7, 11) is 0. The van der Waals surface area contributed by atoms with Gasteiger partial charge in [-0.1, -0.05) is 23.4 Å². The Bertz CT molecular complexity index is 1030. The van der Waals surface area contributed by atoms with E-state index in [0.29, 0.717) is 5.82 Å². The maximum atomic E-state index is 4.62. The van der Waals surface area contributed by atoms with Gasteiger partial charge in [0.05, 0.1) is 17.9 Å². The molecule has 27 heavy (non-hydrogen) atoms. The van der Waals surface area contributed by atoms with Crippen molar-refractivity contribution in [1.29, 1.82) is 0 Å². The number of nitrogens with zero attached hydrogens (tertiary/aromatic N) is 6. The highest BCUT2D eigenvalue weighted by atomic mass is 15.4. The smallest absolute Gasteiger partial charge is 0.163 e. The summed E-state index contributed by atoms with van der Waals surface area (Å²) < 4.78 is 1.76. The van der Waals surface area contributed by atoms with Gasteiger partial charge in [0.15, 0.2) is 5.82 Å². The number of aryl methyl sites for hydroxylation is 1. The number of hydrogen-bond acceptors (Lipinski definition) is 6. The molecule has 1 atom stereocenters. The summed E-state index contributed by atoms with van der Waals surface area (Å²) in [5.74, 6) is 1.38. The minimum absolute atomic E-state index is 0.0569.